The predicted octanol–water partition coefficient (Wildman–Crippen LogP) is 3.23. The van der Waals surface area contributed by atoms with E-state index in [0.29, 0.717) is 6.54 Å². The minimum absolute atomic E-state index is 0.107. The summed E-state index contributed by atoms with van der Waals surface area (Å²) in [4.78, 5) is 0. The van der Waals surface area contributed by atoms with E-state index in [9.17, 15) is 0 Å². The molecule has 0 saturated carbocycles. The molecule has 1 aromatic carbocycles. The summed E-state index contributed by atoms with van der Waals surface area (Å²) < 4.78 is 5.80. The first-order valence-electron chi connectivity index (χ1n) is 5.95. The molecule has 1 aromatic rings. The molecule has 0 unspecified atom stereocenters. The minimum Gasteiger partial charge on any atom is -0.493 e. The highest BCUT2D eigenvalue weighted by molar-refractivity contribution is 5.41. The van der Waals surface area contributed by atoms with Gasteiger partial charge in [0.2, 0.25) is 0 Å². The Bertz CT molecular complexity index is 339. The molecule has 0 aliphatic rings. The summed E-state index contributed by atoms with van der Waals surface area (Å²) in [7, 11) is 0. The second-order valence-electron chi connectivity index (χ2n) is 5.13. The summed E-state index contributed by atoms with van der Waals surface area (Å²) in [6, 6.07) is 6.28. The van der Waals surface area contributed by atoms with E-state index in [1.165, 1.54) is 5.56 Å². The summed E-state index contributed by atoms with van der Waals surface area (Å²) in [5, 5.41) is 0. The summed E-state index contributed by atoms with van der Waals surface area (Å²) >= 11 is 0. The molecule has 0 radical (unpaired) electrons. The van der Waals surface area contributed by atoms with Gasteiger partial charge in [0.1, 0.15) is 5.75 Å². The quantitative estimate of drug-likeness (QED) is 0.847. The van der Waals surface area contributed by atoms with Gasteiger partial charge >= 0.3 is 0 Å². The minimum atomic E-state index is 0.107. The summed E-state index contributed by atoms with van der Waals surface area (Å²) in [5.41, 5.74) is 8.13. The van der Waals surface area contributed by atoms with Crippen molar-refractivity contribution in [2.75, 3.05) is 6.61 Å². The van der Waals surface area contributed by atoms with Gasteiger partial charge in [-0.1, -0.05) is 39.8 Å². The Labute approximate surface area is 98.8 Å². The zero-order chi connectivity index (χ0) is 12.2. The lowest BCUT2D eigenvalue weighted by Crippen LogP contribution is -2.14. The van der Waals surface area contributed by atoms with Crippen molar-refractivity contribution in [2.24, 2.45) is 5.73 Å². The Balaban J connectivity index is 3.06. The van der Waals surface area contributed by atoms with Crippen LogP contribution in [0.4, 0.5) is 0 Å². The molecule has 2 heteroatoms. The van der Waals surface area contributed by atoms with Crippen LogP contribution in [0.1, 0.15) is 45.2 Å². The van der Waals surface area contributed by atoms with Crippen molar-refractivity contribution in [1.82, 2.24) is 0 Å². The maximum Gasteiger partial charge on any atom is 0.123 e. The number of nitrogens with two attached hydrogens (primary N) is 1. The van der Waals surface area contributed by atoms with E-state index < -0.39 is 0 Å². The van der Waals surface area contributed by atoms with Gasteiger partial charge in [0.15, 0.2) is 0 Å². The van der Waals surface area contributed by atoms with Gasteiger partial charge in [-0.3, -0.25) is 0 Å². The van der Waals surface area contributed by atoms with E-state index in [-0.39, 0.29) is 5.41 Å². The molecule has 0 heterocycles. The maximum atomic E-state index is 5.80. The van der Waals surface area contributed by atoms with Crippen molar-refractivity contribution in [2.45, 2.75) is 46.1 Å². The van der Waals surface area contributed by atoms with E-state index in [2.05, 4.69) is 45.9 Å². The first-order chi connectivity index (χ1) is 7.49. The standard InChI is InChI=1S/C14H23NO/c1-5-8-16-13-9-11(10-15)6-7-12(13)14(2,3)4/h6-7,9H,5,8,10,15H2,1-4H3. The fraction of sp³-hybridized carbons (Fsp3) is 0.571. The van der Waals surface area contributed by atoms with Gasteiger partial charge in [-0.05, 0) is 29.0 Å². The molecule has 0 atom stereocenters. The van der Waals surface area contributed by atoms with E-state index in [1.807, 2.05) is 0 Å². The molecule has 0 saturated heterocycles. The van der Waals surface area contributed by atoms with Crippen LogP contribution in [-0.2, 0) is 12.0 Å². The zero-order valence-corrected chi connectivity index (χ0v) is 10.8. The molecule has 0 aromatic heterocycles. The van der Waals surface area contributed by atoms with Crippen LogP contribution < -0.4 is 10.5 Å². The number of rotatable bonds is 4. The number of hydrogen-bond donors (Lipinski definition) is 1. The molecule has 0 aliphatic carbocycles. The first-order valence-corrected chi connectivity index (χ1v) is 5.95. The van der Waals surface area contributed by atoms with Crippen molar-refractivity contribution in [3.8, 4) is 5.75 Å². The molecule has 90 valence electrons. The van der Waals surface area contributed by atoms with Gasteiger partial charge in [-0.25, -0.2) is 0 Å². The highest BCUT2D eigenvalue weighted by Gasteiger charge is 2.18. The third-order valence-electron chi connectivity index (χ3n) is 2.55. The topological polar surface area (TPSA) is 35.2 Å². The van der Waals surface area contributed by atoms with Crippen LogP contribution in [0.25, 0.3) is 0 Å². The average Bonchev–Trinajstić information content (AvgIpc) is 2.24. The molecule has 0 fully saturated rings. The van der Waals surface area contributed by atoms with Crippen LogP contribution in [0, 0.1) is 0 Å². The molecule has 2 N–H and O–H groups in total. The van der Waals surface area contributed by atoms with Gasteiger partial charge in [0.25, 0.3) is 0 Å². The van der Waals surface area contributed by atoms with Crippen LogP contribution in [0.5, 0.6) is 5.75 Å². The Kier molecular flexibility index (Phi) is 4.36. The molecule has 0 spiro atoms. The lowest BCUT2D eigenvalue weighted by molar-refractivity contribution is 0.308. The lowest BCUT2D eigenvalue weighted by atomic mass is 9.86. The Morgan fingerprint density at radius 3 is 2.44 bits per heavy atom. The van der Waals surface area contributed by atoms with E-state index >= 15 is 0 Å². The molecular weight excluding hydrogens is 198 g/mol. The second kappa shape index (κ2) is 5.35. The van der Waals surface area contributed by atoms with Crippen molar-refractivity contribution >= 4 is 0 Å². The van der Waals surface area contributed by atoms with E-state index in [0.717, 1.165) is 24.3 Å². The lowest BCUT2D eigenvalue weighted by Gasteiger charge is -2.23. The van der Waals surface area contributed by atoms with Gasteiger partial charge in [-0.2, -0.15) is 0 Å². The normalized spacial score (nSPS) is 11.6. The Hall–Kier alpha value is -1.02. The second-order valence-corrected chi connectivity index (χ2v) is 5.13. The van der Waals surface area contributed by atoms with Crippen molar-refractivity contribution in [3.05, 3.63) is 29.3 Å². The molecular formula is C14H23NO. The predicted molar refractivity (Wildman–Crippen MR) is 68.8 cm³/mol. The smallest absolute Gasteiger partial charge is 0.123 e. The van der Waals surface area contributed by atoms with Crippen LogP contribution in [0.3, 0.4) is 0 Å². The van der Waals surface area contributed by atoms with Crippen LogP contribution in [-0.4, -0.2) is 6.61 Å². The molecule has 0 bridgehead atoms. The Morgan fingerprint density at radius 2 is 1.94 bits per heavy atom. The van der Waals surface area contributed by atoms with Crippen molar-refractivity contribution in [1.29, 1.82) is 0 Å². The fourth-order valence-electron chi connectivity index (χ4n) is 1.64. The molecule has 0 aliphatic heterocycles. The Morgan fingerprint density at radius 1 is 1.25 bits per heavy atom. The van der Waals surface area contributed by atoms with Gasteiger partial charge in [0, 0.05) is 6.54 Å². The third kappa shape index (κ3) is 3.24. The molecule has 16 heavy (non-hydrogen) atoms. The zero-order valence-electron chi connectivity index (χ0n) is 10.8. The van der Waals surface area contributed by atoms with Gasteiger partial charge < -0.3 is 10.5 Å². The van der Waals surface area contributed by atoms with Crippen molar-refractivity contribution < 1.29 is 4.74 Å². The fourth-order valence-corrected chi connectivity index (χ4v) is 1.64. The highest BCUT2D eigenvalue weighted by atomic mass is 16.5. The van der Waals surface area contributed by atoms with Crippen LogP contribution >= 0.6 is 0 Å². The summed E-state index contributed by atoms with van der Waals surface area (Å²) in [6.07, 6.45) is 1.02. The molecule has 0 amide bonds. The van der Waals surface area contributed by atoms with Crippen LogP contribution in [0.15, 0.2) is 18.2 Å². The summed E-state index contributed by atoms with van der Waals surface area (Å²) in [6.45, 7) is 10.0. The van der Waals surface area contributed by atoms with Crippen molar-refractivity contribution in [3.63, 3.8) is 0 Å². The molecule has 2 nitrogen and oxygen atoms in total. The average molecular weight is 221 g/mol. The van der Waals surface area contributed by atoms with Gasteiger partial charge in [-0.15, -0.1) is 0 Å². The monoisotopic (exact) mass is 221 g/mol. The number of hydrogen-bond acceptors (Lipinski definition) is 2. The van der Waals surface area contributed by atoms with Gasteiger partial charge in [0.05, 0.1) is 6.61 Å². The van der Waals surface area contributed by atoms with E-state index in [1.54, 1.807) is 0 Å². The number of ether oxygens (including phenoxy) is 1. The SMILES string of the molecule is CCCOc1cc(CN)ccc1C(C)(C)C. The van der Waals surface area contributed by atoms with E-state index in [4.69, 9.17) is 10.5 Å². The first kappa shape index (κ1) is 13.0. The maximum absolute atomic E-state index is 5.80. The summed E-state index contributed by atoms with van der Waals surface area (Å²) in [5.74, 6) is 0.984. The molecule has 1 rings (SSSR count). The number of benzene rings is 1. The highest BCUT2D eigenvalue weighted by Crippen LogP contribution is 2.32. The third-order valence-corrected chi connectivity index (χ3v) is 2.55. The van der Waals surface area contributed by atoms with Crippen LogP contribution in [0.2, 0.25) is 0 Å². The largest absolute Gasteiger partial charge is 0.493 e.